The first-order valence-electron chi connectivity index (χ1n) is 6.36. The molecule has 0 atom stereocenters. The summed E-state index contributed by atoms with van der Waals surface area (Å²) in [4.78, 5) is 10.00. The molecule has 0 N–H and O–H groups in total. The van der Waals surface area contributed by atoms with Gasteiger partial charge in [0.15, 0.2) is 0 Å². The fraction of sp³-hybridized carbons (Fsp3) is 0.273. The Balaban J connectivity index is 1.69. The minimum absolute atomic E-state index is 0.00785. The zero-order valence-electron chi connectivity index (χ0n) is 11.4. The summed E-state index contributed by atoms with van der Waals surface area (Å²) < 4.78 is 32.6. The van der Waals surface area contributed by atoms with Crippen molar-refractivity contribution in [1.29, 1.82) is 0 Å². The summed E-state index contributed by atoms with van der Waals surface area (Å²) in [5.41, 5.74) is -0.120. The number of halogens is 2. The molecule has 0 aromatic carbocycles. The Hall–Kier alpha value is -3.18. The minimum atomic E-state index is -2.82. The van der Waals surface area contributed by atoms with E-state index >= 15 is 0 Å². The zero-order valence-corrected chi connectivity index (χ0v) is 11.4. The highest BCUT2D eigenvalue weighted by molar-refractivity contribution is 5.45. The van der Waals surface area contributed by atoms with Gasteiger partial charge in [-0.3, -0.25) is 14.8 Å². The number of alkyl halides is 2. The van der Waals surface area contributed by atoms with Crippen molar-refractivity contribution in [2.75, 3.05) is 0 Å². The molecule has 0 radical (unpaired) electrons. The van der Waals surface area contributed by atoms with Crippen LogP contribution < -0.4 is 0 Å². The highest BCUT2D eigenvalue weighted by Crippen LogP contribution is 2.22. The Morgan fingerprint density at radius 1 is 1.35 bits per heavy atom. The summed E-state index contributed by atoms with van der Waals surface area (Å²) >= 11 is 0. The van der Waals surface area contributed by atoms with Crippen molar-refractivity contribution in [2.24, 2.45) is 0 Å². The second kappa shape index (κ2) is 5.90. The van der Waals surface area contributed by atoms with Crippen LogP contribution in [0.15, 0.2) is 29.1 Å². The third-order valence-corrected chi connectivity index (χ3v) is 2.93. The number of hydrogen-bond donors (Lipinski definition) is 0. The predicted molar refractivity (Wildman–Crippen MR) is 69.4 cm³/mol. The summed E-state index contributed by atoms with van der Waals surface area (Å²) in [6.45, 7) is -2.55. The van der Waals surface area contributed by atoms with Crippen LogP contribution in [0.25, 0.3) is 11.6 Å². The molecular formula is C11H9F2N7O3. The highest BCUT2D eigenvalue weighted by atomic mass is 19.3. The molecule has 3 heterocycles. The van der Waals surface area contributed by atoms with E-state index in [2.05, 4.69) is 20.4 Å². The topological polar surface area (TPSA) is 118 Å². The summed E-state index contributed by atoms with van der Waals surface area (Å²) in [6.07, 6.45) is 3.84. The second-order valence-corrected chi connectivity index (χ2v) is 4.41. The fourth-order valence-corrected chi connectivity index (χ4v) is 1.88. The molecule has 3 aromatic rings. The van der Waals surface area contributed by atoms with E-state index in [1.54, 1.807) is 0 Å². The van der Waals surface area contributed by atoms with Crippen LogP contribution in [0.4, 0.5) is 14.5 Å². The van der Waals surface area contributed by atoms with E-state index in [-0.39, 0.29) is 36.1 Å². The lowest BCUT2D eigenvalue weighted by molar-refractivity contribution is -0.385. The standard InChI is InChI=1S/C11H9F2N7O3/c12-11(13)19-8(1-3-14-19)10-17-16-9(23-10)2-4-18-6-7(5-15-18)20(21)22/h1,3,5-6,11H,2,4H2. The molecule has 0 aliphatic rings. The van der Waals surface area contributed by atoms with Crippen LogP contribution in [0, 0.1) is 10.1 Å². The SMILES string of the molecule is O=[N+]([O-])c1cnn(CCc2nnc(-c3ccnn3C(F)F)o2)c1. The van der Waals surface area contributed by atoms with Gasteiger partial charge in [-0.05, 0) is 6.07 Å². The van der Waals surface area contributed by atoms with Crippen molar-refractivity contribution in [3.63, 3.8) is 0 Å². The van der Waals surface area contributed by atoms with Gasteiger partial charge in [-0.25, -0.2) is 0 Å². The van der Waals surface area contributed by atoms with Crippen LogP contribution in [-0.4, -0.2) is 34.7 Å². The van der Waals surface area contributed by atoms with Gasteiger partial charge in [-0.2, -0.15) is 23.7 Å². The summed E-state index contributed by atoms with van der Waals surface area (Å²) in [7, 11) is 0. The fourth-order valence-electron chi connectivity index (χ4n) is 1.88. The molecule has 0 saturated heterocycles. The molecule has 0 saturated carbocycles. The second-order valence-electron chi connectivity index (χ2n) is 4.41. The molecule has 3 aromatic heterocycles. The maximum Gasteiger partial charge on any atom is 0.333 e. The number of aryl methyl sites for hydroxylation is 2. The summed E-state index contributed by atoms with van der Waals surface area (Å²) in [5, 5.41) is 25.3. The van der Waals surface area contributed by atoms with Crippen LogP contribution >= 0.6 is 0 Å². The molecule has 12 heteroatoms. The first-order valence-corrected chi connectivity index (χ1v) is 6.36. The monoisotopic (exact) mass is 325 g/mol. The van der Waals surface area contributed by atoms with Gasteiger partial charge in [-0.15, -0.1) is 10.2 Å². The lowest BCUT2D eigenvalue weighted by Gasteiger charge is -2.01. The van der Waals surface area contributed by atoms with Gasteiger partial charge in [0.1, 0.15) is 18.1 Å². The van der Waals surface area contributed by atoms with E-state index in [0.29, 0.717) is 4.68 Å². The quantitative estimate of drug-likeness (QED) is 0.499. The molecule has 0 amide bonds. The van der Waals surface area contributed by atoms with E-state index < -0.39 is 11.5 Å². The van der Waals surface area contributed by atoms with E-state index in [1.807, 2.05) is 0 Å². The van der Waals surface area contributed by atoms with E-state index in [9.17, 15) is 18.9 Å². The van der Waals surface area contributed by atoms with Crippen LogP contribution in [0.2, 0.25) is 0 Å². The Morgan fingerprint density at radius 2 is 2.17 bits per heavy atom. The third-order valence-electron chi connectivity index (χ3n) is 2.93. The van der Waals surface area contributed by atoms with Crippen molar-refractivity contribution in [3.8, 4) is 11.6 Å². The van der Waals surface area contributed by atoms with Gasteiger partial charge in [-0.1, -0.05) is 0 Å². The van der Waals surface area contributed by atoms with Crippen molar-refractivity contribution in [3.05, 3.63) is 40.7 Å². The molecule has 120 valence electrons. The van der Waals surface area contributed by atoms with Crippen LogP contribution in [-0.2, 0) is 13.0 Å². The minimum Gasteiger partial charge on any atom is -0.419 e. The van der Waals surface area contributed by atoms with Crippen molar-refractivity contribution in [1.82, 2.24) is 29.8 Å². The zero-order chi connectivity index (χ0) is 16.4. The smallest absolute Gasteiger partial charge is 0.333 e. The lowest BCUT2D eigenvalue weighted by Crippen LogP contribution is -2.02. The number of nitro groups is 1. The first kappa shape index (κ1) is 14.7. The summed E-state index contributed by atoms with van der Waals surface area (Å²) in [6, 6.07) is 1.33. The van der Waals surface area contributed by atoms with Gasteiger partial charge in [0.25, 0.3) is 5.89 Å². The number of aromatic nitrogens is 6. The van der Waals surface area contributed by atoms with E-state index in [1.165, 1.54) is 23.1 Å². The van der Waals surface area contributed by atoms with Crippen molar-refractivity contribution >= 4 is 5.69 Å². The maximum absolute atomic E-state index is 12.7. The third kappa shape index (κ3) is 3.04. The molecule has 10 nitrogen and oxygen atoms in total. The Labute approximate surface area is 126 Å². The Morgan fingerprint density at radius 3 is 2.87 bits per heavy atom. The van der Waals surface area contributed by atoms with Gasteiger partial charge >= 0.3 is 12.2 Å². The lowest BCUT2D eigenvalue weighted by atomic mass is 10.4. The highest BCUT2D eigenvalue weighted by Gasteiger charge is 2.18. The van der Waals surface area contributed by atoms with Gasteiger partial charge in [0, 0.05) is 19.2 Å². The Kier molecular flexibility index (Phi) is 3.78. The number of hydrogen-bond acceptors (Lipinski definition) is 7. The molecule has 0 bridgehead atoms. The molecule has 0 aliphatic carbocycles. The van der Waals surface area contributed by atoms with Gasteiger partial charge in [0.2, 0.25) is 5.89 Å². The normalized spacial score (nSPS) is 11.3. The van der Waals surface area contributed by atoms with E-state index in [4.69, 9.17) is 4.42 Å². The van der Waals surface area contributed by atoms with E-state index in [0.717, 1.165) is 6.20 Å². The predicted octanol–water partition coefficient (Wildman–Crippen LogP) is 1.68. The average molecular weight is 325 g/mol. The van der Waals surface area contributed by atoms with Crippen LogP contribution in [0.1, 0.15) is 12.4 Å². The largest absolute Gasteiger partial charge is 0.419 e. The number of rotatable bonds is 6. The van der Waals surface area contributed by atoms with Crippen LogP contribution in [0.3, 0.4) is 0 Å². The maximum atomic E-state index is 12.7. The summed E-state index contributed by atoms with van der Waals surface area (Å²) in [5.74, 6) is 0.115. The van der Waals surface area contributed by atoms with Crippen molar-refractivity contribution < 1.29 is 18.1 Å². The average Bonchev–Trinajstić information content (AvgIpc) is 3.24. The van der Waals surface area contributed by atoms with Gasteiger partial charge < -0.3 is 4.42 Å². The van der Waals surface area contributed by atoms with Crippen molar-refractivity contribution in [2.45, 2.75) is 19.5 Å². The molecule has 0 aliphatic heterocycles. The first-order chi connectivity index (χ1) is 11.0. The van der Waals surface area contributed by atoms with Gasteiger partial charge in [0.05, 0.1) is 4.92 Å². The molecule has 0 spiro atoms. The molecule has 3 rings (SSSR count). The number of nitrogens with zero attached hydrogens (tertiary/aromatic N) is 7. The molecule has 0 unspecified atom stereocenters. The molecule has 0 fully saturated rings. The Bertz CT molecular complexity index is 825. The molecule has 23 heavy (non-hydrogen) atoms. The van der Waals surface area contributed by atoms with Crippen LogP contribution in [0.5, 0.6) is 0 Å². The molecular weight excluding hydrogens is 316 g/mol.